The van der Waals surface area contributed by atoms with Gasteiger partial charge in [0, 0.05) is 5.60 Å². The second-order valence-electron chi connectivity index (χ2n) is 4.81. The fourth-order valence-corrected chi connectivity index (χ4v) is 0.742. The van der Waals surface area contributed by atoms with E-state index < -0.39 is 5.72 Å². The first kappa shape index (κ1) is 13.9. The van der Waals surface area contributed by atoms with E-state index in [1.165, 1.54) is 0 Å². The molecule has 0 saturated heterocycles. The molecule has 0 heterocycles. The molecule has 14 heavy (non-hydrogen) atoms. The van der Waals surface area contributed by atoms with Crippen molar-refractivity contribution in [2.45, 2.75) is 52.4 Å². The van der Waals surface area contributed by atoms with Gasteiger partial charge in [0.05, 0.1) is 6.61 Å². The molecule has 82 valence electrons. The van der Waals surface area contributed by atoms with Crippen LogP contribution in [0, 0.1) is 5.92 Å². The summed E-state index contributed by atoms with van der Waals surface area (Å²) in [5.41, 5.74) is 5.00. The largest absolute Gasteiger partial charge is 0.443 e. The Morgan fingerprint density at radius 1 is 1.29 bits per heavy atom. The second-order valence-corrected chi connectivity index (χ2v) is 4.81. The monoisotopic (exact) mass is 199 g/mol. The van der Waals surface area contributed by atoms with Crippen molar-refractivity contribution >= 4 is 8.05 Å². The summed E-state index contributed by atoms with van der Waals surface area (Å²) in [6.45, 7) is 10.3. The number of nitrogens with two attached hydrogens (primary N) is 1. The first-order valence-electron chi connectivity index (χ1n) is 5.02. The molecule has 0 amide bonds. The SMILES string of the molecule is [B]OC(C)(C)CCOC(C)(N)C(C)C. The molecule has 1 unspecified atom stereocenters. The first-order valence-corrected chi connectivity index (χ1v) is 5.02. The summed E-state index contributed by atoms with van der Waals surface area (Å²) < 4.78 is 10.4. The Hall–Kier alpha value is -0.0551. The summed E-state index contributed by atoms with van der Waals surface area (Å²) in [5, 5.41) is 0. The Morgan fingerprint density at radius 3 is 2.14 bits per heavy atom. The van der Waals surface area contributed by atoms with Crippen LogP contribution in [0.25, 0.3) is 0 Å². The van der Waals surface area contributed by atoms with Gasteiger partial charge in [-0.3, -0.25) is 0 Å². The summed E-state index contributed by atoms with van der Waals surface area (Å²) in [6, 6.07) is 0. The molecule has 1 atom stereocenters. The summed E-state index contributed by atoms with van der Waals surface area (Å²) in [6.07, 6.45) is 0.725. The topological polar surface area (TPSA) is 44.5 Å². The molecule has 3 nitrogen and oxygen atoms in total. The molecule has 0 saturated carbocycles. The lowest BCUT2D eigenvalue weighted by Gasteiger charge is -2.31. The Kier molecular flexibility index (Phi) is 5.13. The van der Waals surface area contributed by atoms with E-state index in [9.17, 15) is 0 Å². The van der Waals surface area contributed by atoms with Gasteiger partial charge in [-0.05, 0) is 33.1 Å². The fraction of sp³-hybridized carbons (Fsp3) is 1.00. The summed E-state index contributed by atoms with van der Waals surface area (Å²) >= 11 is 0. The van der Waals surface area contributed by atoms with Crippen LogP contribution in [0.5, 0.6) is 0 Å². The lowest BCUT2D eigenvalue weighted by Crippen LogP contribution is -2.45. The zero-order valence-electron chi connectivity index (χ0n) is 9.96. The van der Waals surface area contributed by atoms with Crippen molar-refractivity contribution in [3.05, 3.63) is 0 Å². The molecule has 0 aromatic heterocycles. The standard InChI is InChI=1S/C10H22BNO2/c1-8(2)10(5,12)13-7-6-9(3,4)14-11/h8H,6-7,12H2,1-5H3. The van der Waals surface area contributed by atoms with E-state index in [-0.39, 0.29) is 11.5 Å². The Bertz CT molecular complexity index is 170. The zero-order valence-corrected chi connectivity index (χ0v) is 9.96. The van der Waals surface area contributed by atoms with Crippen LogP contribution in [0.1, 0.15) is 41.0 Å². The van der Waals surface area contributed by atoms with Crippen LogP contribution in [0.2, 0.25) is 0 Å². The van der Waals surface area contributed by atoms with Crippen LogP contribution in [0.3, 0.4) is 0 Å². The number of hydrogen-bond donors (Lipinski definition) is 1. The number of ether oxygens (including phenoxy) is 1. The van der Waals surface area contributed by atoms with Gasteiger partial charge in [0.1, 0.15) is 5.72 Å². The maximum Gasteiger partial charge on any atom is 0.283 e. The van der Waals surface area contributed by atoms with Crippen molar-refractivity contribution in [3.8, 4) is 0 Å². The Balaban J connectivity index is 3.85. The highest BCUT2D eigenvalue weighted by molar-refractivity contribution is 5.98. The lowest BCUT2D eigenvalue weighted by atomic mass is 10.0. The van der Waals surface area contributed by atoms with Gasteiger partial charge in [0.15, 0.2) is 0 Å². The molecule has 0 aromatic rings. The van der Waals surface area contributed by atoms with Crippen LogP contribution in [-0.2, 0) is 9.39 Å². The summed E-state index contributed by atoms with van der Waals surface area (Å²) in [4.78, 5) is 0. The lowest BCUT2D eigenvalue weighted by molar-refractivity contribution is -0.0745. The number of hydrogen-bond acceptors (Lipinski definition) is 3. The van der Waals surface area contributed by atoms with Crippen molar-refractivity contribution in [1.29, 1.82) is 0 Å². The third-order valence-corrected chi connectivity index (χ3v) is 2.58. The molecule has 0 fully saturated rings. The fourth-order valence-electron chi connectivity index (χ4n) is 0.742. The third kappa shape index (κ3) is 4.98. The van der Waals surface area contributed by atoms with Gasteiger partial charge in [0.25, 0.3) is 8.05 Å². The highest BCUT2D eigenvalue weighted by Gasteiger charge is 2.25. The van der Waals surface area contributed by atoms with E-state index in [1.54, 1.807) is 0 Å². The molecule has 0 aliphatic heterocycles. The zero-order chi connectivity index (χ0) is 11.4. The molecule has 2 radical (unpaired) electrons. The van der Waals surface area contributed by atoms with E-state index in [2.05, 4.69) is 0 Å². The minimum absolute atomic E-state index is 0.282. The van der Waals surface area contributed by atoms with E-state index in [4.69, 9.17) is 23.2 Å². The quantitative estimate of drug-likeness (QED) is 0.522. The van der Waals surface area contributed by atoms with Gasteiger partial charge in [0.2, 0.25) is 0 Å². The van der Waals surface area contributed by atoms with E-state index in [1.807, 2.05) is 34.6 Å². The molecule has 4 heteroatoms. The molecule has 0 bridgehead atoms. The van der Waals surface area contributed by atoms with E-state index >= 15 is 0 Å². The van der Waals surface area contributed by atoms with Crippen molar-refractivity contribution in [2.75, 3.05) is 6.61 Å². The predicted octanol–water partition coefficient (Wildman–Crippen LogP) is 1.60. The third-order valence-electron chi connectivity index (χ3n) is 2.58. The first-order chi connectivity index (χ1) is 6.21. The van der Waals surface area contributed by atoms with Crippen LogP contribution < -0.4 is 5.73 Å². The Morgan fingerprint density at radius 2 is 1.79 bits per heavy atom. The van der Waals surface area contributed by atoms with E-state index in [0.717, 1.165) is 6.42 Å². The number of rotatable bonds is 6. The summed E-state index contributed by atoms with van der Waals surface area (Å²) in [5.74, 6) is 0.282. The maximum absolute atomic E-state index is 5.94. The Labute approximate surface area is 88.8 Å². The highest BCUT2D eigenvalue weighted by Crippen LogP contribution is 2.18. The van der Waals surface area contributed by atoms with Gasteiger partial charge >= 0.3 is 0 Å². The van der Waals surface area contributed by atoms with Crippen LogP contribution in [-0.4, -0.2) is 26.0 Å². The van der Waals surface area contributed by atoms with Gasteiger partial charge in [-0.25, -0.2) is 0 Å². The maximum atomic E-state index is 5.94. The summed E-state index contributed by atoms with van der Waals surface area (Å²) in [7, 11) is 5.13. The van der Waals surface area contributed by atoms with Crippen molar-refractivity contribution in [1.82, 2.24) is 0 Å². The van der Waals surface area contributed by atoms with Crippen LogP contribution in [0.4, 0.5) is 0 Å². The average molecular weight is 199 g/mol. The van der Waals surface area contributed by atoms with E-state index in [0.29, 0.717) is 6.61 Å². The molecular formula is C10H22BNO2. The van der Waals surface area contributed by atoms with Gasteiger partial charge in [-0.1, -0.05) is 13.8 Å². The van der Waals surface area contributed by atoms with Crippen LogP contribution in [0.15, 0.2) is 0 Å². The molecule has 0 spiro atoms. The minimum Gasteiger partial charge on any atom is -0.443 e. The molecule has 0 aliphatic rings. The van der Waals surface area contributed by atoms with Gasteiger partial charge in [-0.2, -0.15) is 0 Å². The highest BCUT2D eigenvalue weighted by atomic mass is 16.5. The molecule has 0 aliphatic carbocycles. The molecular weight excluding hydrogens is 177 g/mol. The minimum atomic E-state index is -0.579. The van der Waals surface area contributed by atoms with Crippen molar-refractivity contribution in [3.63, 3.8) is 0 Å². The van der Waals surface area contributed by atoms with Gasteiger partial charge < -0.3 is 15.1 Å². The van der Waals surface area contributed by atoms with Crippen molar-refractivity contribution in [2.24, 2.45) is 11.7 Å². The molecule has 2 N–H and O–H groups in total. The average Bonchev–Trinajstić information content (AvgIpc) is 2.03. The molecule has 0 aromatic carbocycles. The predicted molar refractivity (Wildman–Crippen MR) is 58.9 cm³/mol. The normalized spacial score (nSPS) is 17.1. The molecule has 0 rings (SSSR count). The van der Waals surface area contributed by atoms with Crippen molar-refractivity contribution < 1.29 is 9.39 Å². The van der Waals surface area contributed by atoms with Crippen LogP contribution >= 0.6 is 0 Å². The van der Waals surface area contributed by atoms with Gasteiger partial charge in [-0.15, -0.1) is 0 Å². The second kappa shape index (κ2) is 5.15. The smallest absolute Gasteiger partial charge is 0.283 e.